The third-order valence-electron chi connectivity index (χ3n) is 1.26. The molecule has 0 aliphatic carbocycles. The Kier molecular flexibility index (Phi) is 5.29. The highest BCUT2D eigenvalue weighted by Crippen LogP contribution is 2.17. The van der Waals surface area contributed by atoms with Crippen molar-refractivity contribution in [2.45, 2.75) is 0 Å². The molecule has 0 heterocycles. The fourth-order valence-electron chi connectivity index (χ4n) is 0.724. The van der Waals surface area contributed by atoms with Gasteiger partial charge in [0.25, 0.3) is 5.69 Å². The number of nitrogens with zero attached hydrogens (tertiary/aromatic N) is 1. The number of benzene rings is 1. The highest BCUT2D eigenvalue weighted by Gasteiger charge is 2.04. The van der Waals surface area contributed by atoms with Crippen LogP contribution in [0.2, 0.25) is 0 Å². The van der Waals surface area contributed by atoms with Crippen molar-refractivity contribution in [3.63, 3.8) is 0 Å². The Morgan fingerprint density at radius 3 is 2.62 bits per heavy atom. The molecule has 0 aliphatic rings. The zero-order valence-electron chi connectivity index (χ0n) is 6.89. The molecule has 1 N–H and O–H groups in total. The molecule has 13 heavy (non-hydrogen) atoms. The smallest absolute Gasteiger partial charge is 0.273 e. The van der Waals surface area contributed by atoms with E-state index in [1.807, 2.05) is 0 Å². The summed E-state index contributed by atoms with van der Waals surface area (Å²) in [5, 5.41) is 10.2. The van der Waals surface area contributed by atoms with Crippen LogP contribution in [0.1, 0.15) is 0 Å². The lowest BCUT2D eigenvalue weighted by molar-refractivity contribution is -0.384. The van der Waals surface area contributed by atoms with Gasteiger partial charge in [0.05, 0.1) is 18.1 Å². The number of hydrogen-bond donors (Lipinski definition) is 1. The molecular weight excluding hydrogens is 192 g/mol. The molecule has 1 aromatic carbocycles. The van der Waals surface area contributed by atoms with Crippen LogP contribution in [0.25, 0.3) is 0 Å². The first-order valence-corrected chi connectivity index (χ1v) is 3.63. The Bertz CT molecular complexity index is 293. The number of nitrogens with one attached hydrogen (secondary N) is 1. The Morgan fingerprint density at radius 1 is 1.54 bits per heavy atom. The molecule has 5 nitrogen and oxygen atoms in total. The van der Waals surface area contributed by atoms with E-state index in [2.05, 4.69) is 12.4 Å². The number of rotatable bonds is 2. The first-order valence-electron chi connectivity index (χ1n) is 3.23. The predicted octanol–water partition coefficient (Wildman–Crippen LogP) is 1.90. The zero-order chi connectivity index (χ0) is 10.3. The molecule has 0 saturated carbocycles. The van der Waals surface area contributed by atoms with E-state index in [1.165, 1.54) is 19.2 Å². The van der Waals surface area contributed by atoms with Crippen LogP contribution in [-0.4, -0.2) is 12.0 Å². The second-order valence-corrected chi connectivity index (χ2v) is 1.96. The lowest BCUT2D eigenvalue weighted by Gasteiger charge is -1.96. The highest BCUT2D eigenvalue weighted by atomic mass is 32.1. The van der Waals surface area contributed by atoms with Crippen LogP contribution in [0.3, 0.4) is 0 Å². The summed E-state index contributed by atoms with van der Waals surface area (Å²) in [6, 6.07) is 6.03. The van der Waals surface area contributed by atoms with E-state index in [9.17, 15) is 10.1 Å². The van der Waals surface area contributed by atoms with Crippen molar-refractivity contribution in [2.75, 3.05) is 7.11 Å². The van der Waals surface area contributed by atoms with Gasteiger partial charge >= 0.3 is 0 Å². The van der Waals surface area contributed by atoms with Crippen molar-refractivity contribution in [2.24, 2.45) is 0 Å². The maximum Gasteiger partial charge on any atom is 0.273 e. The van der Waals surface area contributed by atoms with Gasteiger partial charge < -0.3 is 4.74 Å². The lowest BCUT2D eigenvalue weighted by Crippen LogP contribution is -1.88. The molecule has 0 spiro atoms. The second-order valence-electron chi connectivity index (χ2n) is 1.96. The molecule has 0 radical (unpaired) electrons. The molecule has 70 valence electrons. The van der Waals surface area contributed by atoms with Crippen LogP contribution in [0.15, 0.2) is 24.3 Å². The lowest BCUT2D eigenvalue weighted by atomic mass is 10.3. The Labute approximate surface area is 80.4 Å². The van der Waals surface area contributed by atoms with Gasteiger partial charge in [-0.15, -0.1) is 0 Å². The number of ether oxygens (including phenoxy) is 1. The molecule has 0 unspecified atom stereocenters. The van der Waals surface area contributed by atoms with Crippen molar-refractivity contribution in [3.8, 4) is 5.75 Å². The fourth-order valence-corrected chi connectivity index (χ4v) is 0.724. The van der Waals surface area contributed by atoms with Crippen LogP contribution in [0.5, 0.6) is 5.75 Å². The van der Waals surface area contributed by atoms with Gasteiger partial charge in [-0.3, -0.25) is 10.1 Å². The van der Waals surface area contributed by atoms with Gasteiger partial charge in [-0.2, -0.15) is 0 Å². The van der Waals surface area contributed by atoms with E-state index < -0.39 is 4.92 Å². The zero-order valence-corrected chi connectivity index (χ0v) is 7.71. The highest BCUT2D eigenvalue weighted by molar-refractivity contribution is 7.45. The van der Waals surface area contributed by atoms with Gasteiger partial charge in [-0.1, -0.05) is 6.07 Å². The van der Waals surface area contributed by atoms with Crippen molar-refractivity contribution in [1.82, 2.24) is 0 Å². The molecule has 0 aromatic heterocycles. The summed E-state index contributed by atoms with van der Waals surface area (Å²) in [5.74, 6) is 0.499. The monoisotopic (exact) mass is 200 g/mol. The summed E-state index contributed by atoms with van der Waals surface area (Å²) in [6.07, 6.45) is 0. The largest absolute Gasteiger partial charge is 0.497 e. The summed E-state index contributed by atoms with van der Waals surface area (Å²) in [6.45, 7) is 0. The summed E-state index contributed by atoms with van der Waals surface area (Å²) < 4.78 is 10.1. The number of non-ortho nitro benzene ring substituents is 1. The van der Waals surface area contributed by atoms with Crippen LogP contribution in [-0.2, 0) is 12.4 Å². The van der Waals surface area contributed by atoms with Crippen LogP contribution < -0.4 is 4.74 Å². The minimum absolute atomic E-state index is 0.0457. The number of hydrogen-bond acceptors (Lipinski definition) is 5. The van der Waals surface area contributed by atoms with Crippen molar-refractivity contribution < 1.29 is 9.66 Å². The molecule has 0 saturated heterocycles. The predicted molar refractivity (Wildman–Crippen MR) is 49.7 cm³/mol. The molecule has 1 aromatic rings. The first-order chi connectivity index (χ1) is 6.24. The SMILES string of the molecule is COc1cccc([N+](=O)[O-])c1.N=S. The molecule has 6 heteroatoms. The molecular formula is C7H8N2O3S. The van der Waals surface area contributed by atoms with E-state index in [0.29, 0.717) is 5.75 Å². The standard InChI is InChI=1S/C7H7NO3.HNS/c1-11-7-4-2-3-6(5-7)8(9)10;1-2/h2-5H,1H3;1H. The van der Waals surface area contributed by atoms with E-state index in [-0.39, 0.29) is 5.69 Å². The summed E-state index contributed by atoms with van der Waals surface area (Å²) in [4.78, 5) is 9.76. The van der Waals surface area contributed by atoms with E-state index >= 15 is 0 Å². The van der Waals surface area contributed by atoms with Gasteiger partial charge in [0.15, 0.2) is 0 Å². The van der Waals surface area contributed by atoms with Gasteiger partial charge in [-0.05, 0) is 6.07 Å². The van der Waals surface area contributed by atoms with Crippen molar-refractivity contribution in [1.29, 1.82) is 4.78 Å². The van der Waals surface area contributed by atoms with Crippen LogP contribution in [0.4, 0.5) is 5.69 Å². The van der Waals surface area contributed by atoms with E-state index in [0.717, 1.165) is 0 Å². The minimum atomic E-state index is -0.456. The average molecular weight is 200 g/mol. The molecule has 0 fully saturated rings. The fraction of sp³-hybridized carbons (Fsp3) is 0.143. The average Bonchev–Trinajstić information content (AvgIpc) is 2.21. The van der Waals surface area contributed by atoms with Gasteiger partial charge in [-0.25, -0.2) is 4.78 Å². The second kappa shape index (κ2) is 6.01. The molecule has 0 amide bonds. The quantitative estimate of drug-likeness (QED) is 0.584. The number of nitro benzene ring substituents is 1. The maximum absolute atomic E-state index is 10.2. The van der Waals surface area contributed by atoms with Crippen molar-refractivity contribution >= 4 is 18.1 Å². The number of methoxy groups -OCH3 is 1. The molecule has 1 rings (SSSR count). The maximum atomic E-state index is 10.2. The topological polar surface area (TPSA) is 76.2 Å². The van der Waals surface area contributed by atoms with E-state index in [4.69, 9.17) is 9.52 Å². The molecule has 0 aliphatic heterocycles. The number of nitro groups is 1. The van der Waals surface area contributed by atoms with Gasteiger partial charge in [0, 0.05) is 18.5 Å². The Balaban J connectivity index is 0.000000671. The van der Waals surface area contributed by atoms with Gasteiger partial charge in [0.1, 0.15) is 5.75 Å². The van der Waals surface area contributed by atoms with Crippen LogP contribution in [0, 0.1) is 14.9 Å². The molecule has 0 bridgehead atoms. The third-order valence-corrected chi connectivity index (χ3v) is 1.26. The van der Waals surface area contributed by atoms with Crippen molar-refractivity contribution in [3.05, 3.63) is 34.4 Å². The normalized spacial score (nSPS) is 8.08. The van der Waals surface area contributed by atoms with E-state index in [1.54, 1.807) is 12.1 Å². The van der Waals surface area contributed by atoms with Gasteiger partial charge in [0.2, 0.25) is 0 Å². The molecule has 0 atom stereocenters. The van der Waals surface area contributed by atoms with Crippen LogP contribution >= 0.6 is 0 Å². The third kappa shape index (κ3) is 3.57. The summed E-state index contributed by atoms with van der Waals surface area (Å²) >= 11 is 3.33. The Morgan fingerprint density at radius 2 is 2.15 bits per heavy atom. The summed E-state index contributed by atoms with van der Waals surface area (Å²) in [5.41, 5.74) is 0.0457. The Hall–Kier alpha value is -1.56. The first kappa shape index (κ1) is 11.4. The summed E-state index contributed by atoms with van der Waals surface area (Å²) in [7, 11) is 1.47. The minimum Gasteiger partial charge on any atom is -0.497 e.